The number of carbonyl (C=O) groups excluding carboxylic acids is 1. The average Bonchev–Trinajstić information content (AvgIpc) is 3.13. The number of aliphatic imine (C=N–C) groups is 1. The van der Waals surface area contributed by atoms with Gasteiger partial charge in [0.2, 0.25) is 5.78 Å². The highest BCUT2D eigenvalue weighted by molar-refractivity contribution is 6.28. The molecule has 2 aromatic carbocycles. The van der Waals surface area contributed by atoms with Gasteiger partial charge in [0, 0.05) is 36.7 Å². The number of carbonyl (C=O) groups is 1. The minimum absolute atomic E-state index is 0.0349. The first kappa shape index (κ1) is 17.5. The van der Waals surface area contributed by atoms with E-state index in [1.807, 2.05) is 54.3 Å². The topological polar surface area (TPSA) is 78.6 Å². The Kier molecular flexibility index (Phi) is 3.76. The molecule has 1 saturated heterocycles. The fourth-order valence-electron chi connectivity index (χ4n) is 4.21. The minimum atomic E-state index is -1.06. The fraction of sp³-hybridized carbons (Fsp3) is 0.217. The number of methoxy groups -OCH3 is 1. The SMILES string of the molecule is CO[C@@]12CCN(c3ccc4nc(C#N)ccc4c3)C1=Nc1ccc(C)cc1C2=O. The van der Waals surface area contributed by atoms with Crippen molar-refractivity contribution in [3.63, 3.8) is 0 Å². The first-order valence-electron chi connectivity index (χ1n) is 9.44. The van der Waals surface area contributed by atoms with E-state index in [1.165, 1.54) is 0 Å². The van der Waals surface area contributed by atoms with Gasteiger partial charge in [-0.25, -0.2) is 9.98 Å². The van der Waals surface area contributed by atoms with E-state index in [0.29, 0.717) is 35.7 Å². The van der Waals surface area contributed by atoms with Crippen LogP contribution in [0.4, 0.5) is 11.4 Å². The summed E-state index contributed by atoms with van der Waals surface area (Å²) in [6.45, 7) is 2.59. The van der Waals surface area contributed by atoms with Gasteiger partial charge in [0.05, 0.1) is 11.2 Å². The Hall–Kier alpha value is -3.56. The number of nitrogens with zero attached hydrogens (tertiary/aromatic N) is 4. The Labute approximate surface area is 168 Å². The molecular weight excluding hydrogens is 364 g/mol. The molecule has 0 saturated carbocycles. The molecule has 0 aliphatic carbocycles. The van der Waals surface area contributed by atoms with Gasteiger partial charge in [-0.05, 0) is 49.4 Å². The van der Waals surface area contributed by atoms with E-state index < -0.39 is 5.60 Å². The van der Waals surface area contributed by atoms with E-state index in [9.17, 15) is 4.79 Å². The van der Waals surface area contributed by atoms with Crippen molar-refractivity contribution in [3.8, 4) is 6.07 Å². The Balaban J connectivity index is 1.64. The molecule has 142 valence electrons. The predicted molar refractivity (Wildman–Crippen MR) is 111 cm³/mol. The van der Waals surface area contributed by atoms with E-state index in [4.69, 9.17) is 15.0 Å². The van der Waals surface area contributed by atoms with E-state index >= 15 is 0 Å². The minimum Gasteiger partial charge on any atom is -0.362 e. The summed E-state index contributed by atoms with van der Waals surface area (Å²) >= 11 is 0. The molecule has 6 heteroatoms. The summed E-state index contributed by atoms with van der Waals surface area (Å²) in [7, 11) is 1.57. The summed E-state index contributed by atoms with van der Waals surface area (Å²) in [5, 5.41) is 9.98. The lowest BCUT2D eigenvalue weighted by molar-refractivity contribution is 0.0388. The van der Waals surface area contributed by atoms with Crippen molar-refractivity contribution in [3.05, 3.63) is 65.4 Å². The van der Waals surface area contributed by atoms with Crippen molar-refractivity contribution in [1.29, 1.82) is 5.26 Å². The molecule has 0 radical (unpaired) electrons. The van der Waals surface area contributed by atoms with Crippen molar-refractivity contribution in [2.45, 2.75) is 18.9 Å². The lowest BCUT2D eigenvalue weighted by atomic mass is 9.86. The molecule has 29 heavy (non-hydrogen) atoms. The van der Waals surface area contributed by atoms with Gasteiger partial charge in [-0.1, -0.05) is 11.6 Å². The second-order valence-electron chi connectivity index (χ2n) is 7.40. The van der Waals surface area contributed by atoms with Crippen LogP contribution in [-0.4, -0.2) is 35.9 Å². The van der Waals surface area contributed by atoms with Crippen molar-refractivity contribution in [2.75, 3.05) is 18.6 Å². The molecule has 2 aliphatic rings. The van der Waals surface area contributed by atoms with Gasteiger partial charge >= 0.3 is 0 Å². The maximum Gasteiger partial charge on any atom is 0.204 e. The molecule has 3 heterocycles. The highest BCUT2D eigenvalue weighted by Crippen LogP contribution is 2.41. The van der Waals surface area contributed by atoms with Crippen LogP contribution in [0.2, 0.25) is 0 Å². The second kappa shape index (κ2) is 6.23. The predicted octanol–water partition coefficient (Wildman–Crippen LogP) is 3.94. The van der Waals surface area contributed by atoms with Crippen LogP contribution >= 0.6 is 0 Å². The summed E-state index contributed by atoms with van der Waals surface area (Å²) in [6.07, 6.45) is 0.540. The number of hydrogen-bond donors (Lipinski definition) is 0. The van der Waals surface area contributed by atoms with Crippen molar-refractivity contribution >= 4 is 33.9 Å². The Bertz CT molecular complexity index is 1260. The summed E-state index contributed by atoms with van der Waals surface area (Å²) < 4.78 is 5.81. The molecule has 1 atom stereocenters. The van der Waals surface area contributed by atoms with Gasteiger partial charge in [-0.2, -0.15) is 5.26 Å². The Morgan fingerprint density at radius 2 is 2.03 bits per heavy atom. The maximum absolute atomic E-state index is 13.4. The van der Waals surface area contributed by atoms with Crippen LogP contribution in [0.25, 0.3) is 10.9 Å². The van der Waals surface area contributed by atoms with Gasteiger partial charge in [0.15, 0.2) is 5.60 Å². The van der Waals surface area contributed by atoms with Crippen LogP contribution in [-0.2, 0) is 4.74 Å². The van der Waals surface area contributed by atoms with Crippen molar-refractivity contribution < 1.29 is 9.53 Å². The smallest absolute Gasteiger partial charge is 0.204 e. The zero-order valence-corrected chi connectivity index (χ0v) is 16.1. The van der Waals surface area contributed by atoms with Gasteiger partial charge < -0.3 is 9.64 Å². The third-order valence-electron chi connectivity index (χ3n) is 5.74. The number of pyridine rings is 1. The summed E-state index contributed by atoms with van der Waals surface area (Å²) in [6, 6.07) is 17.2. The van der Waals surface area contributed by atoms with Gasteiger partial charge in [0.1, 0.15) is 17.6 Å². The number of aromatic nitrogens is 1. The number of rotatable bonds is 2. The molecule has 5 rings (SSSR count). The molecule has 0 amide bonds. The maximum atomic E-state index is 13.4. The quantitative estimate of drug-likeness (QED) is 0.671. The molecule has 2 aliphatic heterocycles. The number of aryl methyl sites for hydroxylation is 1. The van der Waals surface area contributed by atoms with E-state index in [2.05, 4.69) is 11.1 Å². The van der Waals surface area contributed by atoms with Crippen LogP contribution in [0, 0.1) is 18.3 Å². The molecule has 0 N–H and O–H groups in total. The van der Waals surface area contributed by atoms with E-state index in [1.54, 1.807) is 13.2 Å². The number of benzene rings is 2. The number of ether oxygens (including phenoxy) is 1. The highest BCUT2D eigenvalue weighted by atomic mass is 16.5. The average molecular weight is 382 g/mol. The molecule has 0 spiro atoms. The normalized spacial score (nSPS) is 20.2. The zero-order valence-electron chi connectivity index (χ0n) is 16.1. The van der Waals surface area contributed by atoms with Crippen LogP contribution in [0.15, 0.2) is 53.5 Å². The summed E-state index contributed by atoms with van der Waals surface area (Å²) in [4.78, 5) is 24.6. The lowest BCUT2D eigenvalue weighted by Crippen LogP contribution is -2.50. The van der Waals surface area contributed by atoms with Gasteiger partial charge in [-0.3, -0.25) is 4.79 Å². The van der Waals surface area contributed by atoms with Crippen LogP contribution in [0.3, 0.4) is 0 Å². The number of fused-ring (bicyclic) bond motifs is 3. The molecule has 6 nitrogen and oxygen atoms in total. The summed E-state index contributed by atoms with van der Waals surface area (Å²) in [5.74, 6) is 0.592. The first-order valence-corrected chi connectivity index (χ1v) is 9.44. The largest absolute Gasteiger partial charge is 0.362 e. The number of amidine groups is 1. The van der Waals surface area contributed by atoms with Gasteiger partial charge in [0.25, 0.3) is 0 Å². The Morgan fingerprint density at radius 1 is 1.17 bits per heavy atom. The molecule has 0 bridgehead atoms. The number of nitriles is 1. The number of Topliss-reactive ketones (excluding diaryl/α,β-unsaturated/α-hetero) is 1. The zero-order chi connectivity index (χ0) is 20.2. The monoisotopic (exact) mass is 382 g/mol. The van der Waals surface area contributed by atoms with Crippen LogP contribution in [0.5, 0.6) is 0 Å². The number of hydrogen-bond acceptors (Lipinski definition) is 6. The number of anilines is 1. The second-order valence-corrected chi connectivity index (χ2v) is 7.40. The van der Waals surface area contributed by atoms with Crippen molar-refractivity contribution in [1.82, 2.24) is 4.98 Å². The van der Waals surface area contributed by atoms with E-state index in [-0.39, 0.29) is 5.78 Å². The third-order valence-corrected chi connectivity index (χ3v) is 5.74. The van der Waals surface area contributed by atoms with Crippen LogP contribution < -0.4 is 4.90 Å². The molecular formula is C23H18N4O2. The lowest BCUT2D eigenvalue weighted by Gasteiger charge is -2.32. The first-order chi connectivity index (χ1) is 14.1. The molecule has 3 aromatic rings. The standard InChI is InChI=1S/C23H18N4O2/c1-14-3-7-20-18(11-14)21(28)23(29-2)9-10-27(22(23)26-20)17-6-8-19-15(12-17)4-5-16(13-24)25-19/h3-8,11-12H,9-10H2,1-2H3/t23-/m1/s1. The third kappa shape index (κ3) is 2.48. The molecule has 1 fully saturated rings. The Morgan fingerprint density at radius 3 is 2.83 bits per heavy atom. The number of ketones is 1. The fourth-order valence-corrected chi connectivity index (χ4v) is 4.21. The van der Waals surface area contributed by atoms with Crippen LogP contribution in [0.1, 0.15) is 28.0 Å². The van der Waals surface area contributed by atoms with E-state index in [0.717, 1.165) is 22.2 Å². The van der Waals surface area contributed by atoms with Gasteiger partial charge in [-0.15, -0.1) is 0 Å². The highest BCUT2D eigenvalue weighted by Gasteiger charge is 2.54. The van der Waals surface area contributed by atoms with Crippen molar-refractivity contribution in [2.24, 2.45) is 4.99 Å². The molecule has 1 aromatic heterocycles. The summed E-state index contributed by atoms with van der Waals surface area (Å²) in [5.41, 5.74) is 3.33. The molecule has 0 unspecified atom stereocenters.